The molecule has 15 heavy (non-hydrogen) atoms. The normalized spacial score (nSPS) is 29.7. The quantitative estimate of drug-likeness (QED) is 0.688. The molecule has 2 aliphatic rings. The predicted molar refractivity (Wildman–Crippen MR) is 57.1 cm³/mol. The zero-order valence-electron chi connectivity index (χ0n) is 9.19. The number of nitrogens with one attached hydrogen (secondary N) is 1. The van der Waals surface area contributed by atoms with Gasteiger partial charge in [-0.05, 0) is 12.5 Å². The monoisotopic (exact) mass is 234 g/mol. The molecule has 0 aromatic rings. The first-order chi connectivity index (χ1) is 6.96. The van der Waals surface area contributed by atoms with Gasteiger partial charge < -0.3 is 10.1 Å². The molecule has 1 atom stereocenters. The second kappa shape index (κ2) is 3.69. The maximum atomic E-state index is 11.8. The topological polar surface area (TPSA) is 58.6 Å². The smallest absolute Gasteiger partial charge is 0.213 e. The first-order valence-corrected chi connectivity index (χ1v) is 6.76. The molecule has 0 saturated carbocycles. The molecule has 2 fully saturated rings. The Morgan fingerprint density at radius 2 is 2.13 bits per heavy atom. The molecule has 1 unspecified atom stereocenters. The van der Waals surface area contributed by atoms with Crippen molar-refractivity contribution >= 4 is 10.0 Å². The minimum Gasteiger partial charge on any atom is -0.380 e. The molecular formula is C9H18N2O3S. The number of hydrogen-bond acceptors (Lipinski definition) is 4. The third kappa shape index (κ3) is 1.91. The van der Waals surface area contributed by atoms with Gasteiger partial charge in [-0.25, -0.2) is 12.7 Å². The van der Waals surface area contributed by atoms with E-state index in [0.29, 0.717) is 13.2 Å². The van der Waals surface area contributed by atoms with Crippen molar-refractivity contribution in [3.8, 4) is 0 Å². The number of hydrogen-bond donors (Lipinski definition) is 1. The summed E-state index contributed by atoms with van der Waals surface area (Å²) in [7, 11) is 0.0789. The summed E-state index contributed by atoms with van der Waals surface area (Å²) in [5.74, 6) is 0.426. The highest BCUT2D eigenvalue weighted by atomic mass is 32.2. The lowest BCUT2D eigenvalue weighted by molar-refractivity contribution is -0.120. The van der Waals surface area contributed by atoms with Crippen LogP contribution in [0.4, 0.5) is 0 Å². The minimum atomic E-state index is -3.09. The highest BCUT2D eigenvalue weighted by Crippen LogP contribution is 2.39. The van der Waals surface area contributed by atoms with Crippen molar-refractivity contribution in [1.29, 1.82) is 0 Å². The van der Waals surface area contributed by atoms with Gasteiger partial charge in [-0.3, -0.25) is 0 Å². The fourth-order valence-electron chi connectivity index (χ4n) is 2.20. The number of ether oxygens (including phenoxy) is 1. The highest BCUT2D eigenvalue weighted by Gasteiger charge is 2.50. The molecular weight excluding hydrogens is 216 g/mol. The molecule has 0 aromatic heterocycles. The predicted octanol–water partition coefficient (Wildman–Crippen LogP) is -0.886. The van der Waals surface area contributed by atoms with E-state index in [9.17, 15) is 8.42 Å². The molecule has 88 valence electrons. The van der Waals surface area contributed by atoms with E-state index < -0.39 is 10.0 Å². The lowest BCUT2D eigenvalue weighted by Gasteiger charge is -2.42. The van der Waals surface area contributed by atoms with Crippen LogP contribution in [-0.4, -0.2) is 58.9 Å². The zero-order valence-corrected chi connectivity index (χ0v) is 10.0. The molecule has 0 radical (unpaired) electrons. The van der Waals surface area contributed by atoms with E-state index in [0.717, 1.165) is 13.1 Å². The van der Waals surface area contributed by atoms with Gasteiger partial charge >= 0.3 is 0 Å². The van der Waals surface area contributed by atoms with Crippen LogP contribution in [0.25, 0.3) is 0 Å². The van der Waals surface area contributed by atoms with Gasteiger partial charge in [-0.2, -0.15) is 0 Å². The standard InChI is InChI=1S/C9H18N2O3S/c1-11(2)15(12,13)4-8-3-10-5-9(8)6-14-7-9/h8,10H,3-7H2,1-2H3. The van der Waals surface area contributed by atoms with E-state index in [2.05, 4.69) is 5.32 Å². The summed E-state index contributed by atoms with van der Waals surface area (Å²) in [5, 5.41) is 3.26. The molecule has 2 heterocycles. The second-order valence-electron chi connectivity index (χ2n) is 4.74. The van der Waals surface area contributed by atoms with E-state index in [1.165, 1.54) is 4.31 Å². The van der Waals surface area contributed by atoms with Gasteiger partial charge in [0.2, 0.25) is 10.0 Å². The van der Waals surface area contributed by atoms with E-state index in [1.807, 2.05) is 0 Å². The summed E-state index contributed by atoms with van der Waals surface area (Å²) in [4.78, 5) is 0. The van der Waals surface area contributed by atoms with Gasteiger partial charge in [0.05, 0.1) is 19.0 Å². The van der Waals surface area contributed by atoms with Crippen LogP contribution >= 0.6 is 0 Å². The SMILES string of the molecule is CN(C)S(=O)(=O)CC1CNCC12COC2. The first kappa shape index (κ1) is 11.3. The van der Waals surface area contributed by atoms with E-state index >= 15 is 0 Å². The lowest BCUT2D eigenvalue weighted by atomic mass is 9.77. The van der Waals surface area contributed by atoms with Crippen LogP contribution in [0.5, 0.6) is 0 Å². The first-order valence-electron chi connectivity index (χ1n) is 5.15. The zero-order chi connectivity index (χ0) is 11.1. The van der Waals surface area contributed by atoms with Gasteiger partial charge in [-0.1, -0.05) is 0 Å². The van der Waals surface area contributed by atoms with Crippen molar-refractivity contribution in [1.82, 2.24) is 9.62 Å². The van der Waals surface area contributed by atoms with Gasteiger partial charge in [0.1, 0.15) is 0 Å². The van der Waals surface area contributed by atoms with E-state index in [-0.39, 0.29) is 17.1 Å². The summed E-state index contributed by atoms with van der Waals surface area (Å²) in [6, 6.07) is 0. The number of rotatable bonds is 3. The average Bonchev–Trinajstić information content (AvgIpc) is 2.45. The maximum Gasteiger partial charge on any atom is 0.213 e. The van der Waals surface area contributed by atoms with Crippen molar-refractivity contribution in [2.45, 2.75) is 0 Å². The maximum absolute atomic E-state index is 11.8. The molecule has 5 nitrogen and oxygen atoms in total. The minimum absolute atomic E-state index is 0.0864. The Bertz CT molecular complexity index is 335. The summed E-state index contributed by atoms with van der Waals surface area (Å²) >= 11 is 0. The molecule has 2 aliphatic heterocycles. The Hall–Kier alpha value is -0.170. The van der Waals surface area contributed by atoms with Crippen molar-refractivity contribution in [2.24, 2.45) is 11.3 Å². The Kier molecular flexibility index (Phi) is 2.79. The van der Waals surface area contributed by atoms with Crippen LogP contribution in [0.1, 0.15) is 0 Å². The van der Waals surface area contributed by atoms with Crippen molar-refractivity contribution in [3.05, 3.63) is 0 Å². The molecule has 1 spiro atoms. The van der Waals surface area contributed by atoms with Gasteiger partial charge in [0, 0.05) is 26.1 Å². The molecule has 2 rings (SSSR count). The third-order valence-corrected chi connectivity index (χ3v) is 5.42. The van der Waals surface area contributed by atoms with Crippen LogP contribution < -0.4 is 5.32 Å². The fourth-order valence-corrected chi connectivity index (χ4v) is 3.48. The van der Waals surface area contributed by atoms with Crippen LogP contribution in [0.2, 0.25) is 0 Å². The molecule has 0 amide bonds. The van der Waals surface area contributed by atoms with Crippen LogP contribution in [0, 0.1) is 11.3 Å². The Morgan fingerprint density at radius 1 is 1.47 bits per heavy atom. The largest absolute Gasteiger partial charge is 0.380 e. The molecule has 6 heteroatoms. The fraction of sp³-hybridized carbons (Fsp3) is 1.00. The molecule has 2 saturated heterocycles. The van der Waals surface area contributed by atoms with Crippen LogP contribution in [-0.2, 0) is 14.8 Å². The average molecular weight is 234 g/mol. The van der Waals surface area contributed by atoms with E-state index in [1.54, 1.807) is 14.1 Å². The third-order valence-electron chi connectivity index (χ3n) is 3.48. The molecule has 0 bridgehead atoms. The molecule has 0 aliphatic carbocycles. The van der Waals surface area contributed by atoms with E-state index in [4.69, 9.17) is 4.74 Å². The highest BCUT2D eigenvalue weighted by molar-refractivity contribution is 7.89. The summed E-state index contributed by atoms with van der Waals surface area (Å²) < 4.78 is 30.1. The van der Waals surface area contributed by atoms with Gasteiger partial charge in [0.25, 0.3) is 0 Å². The van der Waals surface area contributed by atoms with Crippen molar-refractivity contribution < 1.29 is 13.2 Å². The summed E-state index contributed by atoms with van der Waals surface area (Å²) in [6.07, 6.45) is 0. The van der Waals surface area contributed by atoms with Crippen LogP contribution in [0.3, 0.4) is 0 Å². The number of nitrogens with zero attached hydrogens (tertiary/aromatic N) is 1. The van der Waals surface area contributed by atoms with Crippen molar-refractivity contribution in [3.63, 3.8) is 0 Å². The van der Waals surface area contributed by atoms with Crippen LogP contribution in [0.15, 0.2) is 0 Å². The van der Waals surface area contributed by atoms with Gasteiger partial charge in [-0.15, -0.1) is 0 Å². The Balaban J connectivity index is 2.06. The lowest BCUT2D eigenvalue weighted by Crippen LogP contribution is -2.51. The molecule has 0 aromatic carbocycles. The summed E-state index contributed by atoms with van der Waals surface area (Å²) in [5.41, 5.74) is 0.0864. The Labute approximate surface area is 90.8 Å². The Morgan fingerprint density at radius 3 is 2.60 bits per heavy atom. The van der Waals surface area contributed by atoms with Crippen molar-refractivity contribution in [2.75, 3.05) is 46.2 Å². The summed E-state index contributed by atoms with van der Waals surface area (Å²) in [6.45, 7) is 3.08. The second-order valence-corrected chi connectivity index (χ2v) is 6.97. The number of sulfonamides is 1. The van der Waals surface area contributed by atoms with Gasteiger partial charge in [0.15, 0.2) is 0 Å². The molecule has 1 N–H and O–H groups in total.